The van der Waals surface area contributed by atoms with Gasteiger partial charge in [-0.05, 0) is 12.8 Å². The largest absolute Gasteiger partial charge is 0.726 e. The lowest BCUT2D eigenvalue weighted by Crippen LogP contribution is -2.52. The summed E-state index contributed by atoms with van der Waals surface area (Å²) in [6.45, 7) is 8.25. The Balaban J connectivity index is -0.00000129. The van der Waals surface area contributed by atoms with E-state index in [1.807, 2.05) is 0 Å². The van der Waals surface area contributed by atoms with Gasteiger partial charge < -0.3 is 33.4 Å². The topological polar surface area (TPSA) is 194 Å². The maximum atomic E-state index is 9.58. The summed E-state index contributed by atoms with van der Waals surface area (Å²) in [6, 6.07) is 0. The van der Waals surface area contributed by atoms with Crippen molar-refractivity contribution in [2.24, 2.45) is 0 Å². The van der Waals surface area contributed by atoms with Crippen LogP contribution in [0.15, 0.2) is 0 Å². The number of nitrogens with zero attached hydrogens (tertiary/aromatic N) is 2. The second-order valence-corrected chi connectivity index (χ2v) is 14.9. The second kappa shape index (κ2) is 31.8. The summed E-state index contributed by atoms with van der Waals surface area (Å²) in [6.07, 6.45) is 23.4. The van der Waals surface area contributed by atoms with Crippen LogP contribution in [0.4, 0.5) is 0 Å². The molecule has 0 heterocycles. The summed E-state index contributed by atoms with van der Waals surface area (Å²) < 4.78 is 63.7. The standard InChI is InChI=1S/C29H64N2O3.2CH4O4S/c1-4-5-6-7-8-9-10-11-12-13-14-15-16-17-18-19-21-30(2,24-27-32)22-20-23-31(3,25-28-33)26-29-34;2*1-5-6(2,3)4/h32-34H,4-29H2,1-3H3;2*1H3,(H,2,3,4)/q+2;;/p-2. The number of hydrogen-bond acceptors (Lipinski definition) is 11. The van der Waals surface area contributed by atoms with Crippen LogP contribution >= 0.6 is 0 Å². The van der Waals surface area contributed by atoms with Gasteiger partial charge in [-0.25, -0.2) is 16.8 Å². The molecule has 0 aliphatic rings. The van der Waals surface area contributed by atoms with E-state index in [1.54, 1.807) is 0 Å². The van der Waals surface area contributed by atoms with Crippen molar-refractivity contribution in [1.29, 1.82) is 0 Å². The van der Waals surface area contributed by atoms with Crippen LogP contribution in [0, 0.1) is 0 Å². The fourth-order valence-electron chi connectivity index (χ4n) is 5.27. The van der Waals surface area contributed by atoms with Gasteiger partial charge in [-0.1, -0.05) is 96.8 Å². The fourth-order valence-corrected chi connectivity index (χ4v) is 5.27. The van der Waals surface area contributed by atoms with Gasteiger partial charge in [0.15, 0.2) is 0 Å². The highest BCUT2D eigenvalue weighted by Gasteiger charge is 2.25. The lowest BCUT2D eigenvalue weighted by Gasteiger charge is -2.37. The van der Waals surface area contributed by atoms with Crippen LogP contribution in [-0.4, -0.2) is 138 Å². The lowest BCUT2D eigenvalue weighted by atomic mass is 10.0. The minimum Gasteiger partial charge on any atom is -0.726 e. The van der Waals surface area contributed by atoms with E-state index in [2.05, 4.69) is 29.4 Å². The molecule has 282 valence electrons. The molecule has 0 aliphatic heterocycles. The molecular weight excluding hydrogens is 640 g/mol. The molecule has 13 nitrogen and oxygen atoms in total. The van der Waals surface area contributed by atoms with Crippen molar-refractivity contribution in [3.63, 3.8) is 0 Å². The van der Waals surface area contributed by atoms with E-state index in [4.69, 9.17) is 0 Å². The summed E-state index contributed by atoms with van der Waals surface area (Å²) >= 11 is 0. The van der Waals surface area contributed by atoms with E-state index >= 15 is 0 Å². The van der Waals surface area contributed by atoms with Crippen LogP contribution in [-0.2, 0) is 29.2 Å². The highest BCUT2D eigenvalue weighted by atomic mass is 32.3. The van der Waals surface area contributed by atoms with Crippen LogP contribution < -0.4 is 0 Å². The predicted molar refractivity (Wildman–Crippen MR) is 180 cm³/mol. The Labute approximate surface area is 282 Å². The summed E-state index contributed by atoms with van der Waals surface area (Å²) in [5, 5.41) is 28.3. The Hall–Kier alpha value is -0.460. The number of quaternary nitrogens is 2. The molecule has 0 saturated heterocycles. The van der Waals surface area contributed by atoms with Crippen LogP contribution in [0.5, 0.6) is 0 Å². The number of aliphatic hydroxyl groups excluding tert-OH is 3. The zero-order valence-electron chi connectivity index (χ0n) is 29.7. The molecule has 0 fully saturated rings. The normalized spacial score (nSPS) is 13.3. The van der Waals surface area contributed by atoms with Crippen molar-refractivity contribution in [3.05, 3.63) is 0 Å². The zero-order valence-corrected chi connectivity index (χ0v) is 31.3. The first kappa shape index (κ1) is 49.9. The molecule has 0 spiro atoms. The number of aliphatic hydroxyl groups is 3. The first-order valence-electron chi connectivity index (χ1n) is 17.1. The van der Waals surface area contributed by atoms with Gasteiger partial charge in [0, 0.05) is 6.42 Å². The van der Waals surface area contributed by atoms with Gasteiger partial charge in [-0.15, -0.1) is 0 Å². The summed E-state index contributed by atoms with van der Waals surface area (Å²) in [4.78, 5) is 0. The molecule has 0 aromatic carbocycles. The van der Waals surface area contributed by atoms with Gasteiger partial charge in [-0.3, -0.25) is 8.37 Å². The van der Waals surface area contributed by atoms with Crippen LogP contribution in [0.25, 0.3) is 0 Å². The third-order valence-electron chi connectivity index (χ3n) is 8.28. The number of hydrogen-bond donors (Lipinski definition) is 3. The van der Waals surface area contributed by atoms with E-state index in [0.29, 0.717) is 13.1 Å². The van der Waals surface area contributed by atoms with Crippen molar-refractivity contribution in [2.45, 2.75) is 116 Å². The van der Waals surface area contributed by atoms with E-state index in [0.717, 1.165) is 55.8 Å². The molecule has 0 aromatic heterocycles. The zero-order chi connectivity index (χ0) is 35.8. The van der Waals surface area contributed by atoms with Crippen molar-refractivity contribution in [2.75, 3.05) is 87.4 Å². The Bertz CT molecular complexity index is 825. The molecule has 1 atom stereocenters. The third kappa shape index (κ3) is 39.7. The molecule has 46 heavy (non-hydrogen) atoms. The minimum absolute atomic E-state index is 0.165. The maximum Gasteiger partial charge on any atom is 0.217 e. The summed E-state index contributed by atoms with van der Waals surface area (Å²) in [5.74, 6) is 0. The van der Waals surface area contributed by atoms with Crippen LogP contribution in [0.1, 0.15) is 116 Å². The summed E-state index contributed by atoms with van der Waals surface area (Å²) in [7, 11) is -2.80. The van der Waals surface area contributed by atoms with Crippen molar-refractivity contribution in [3.8, 4) is 0 Å². The second-order valence-electron chi connectivity index (χ2n) is 12.6. The maximum absolute atomic E-state index is 9.58. The van der Waals surface area contributed by atoms with Crippen LogP contribution in [0.3, 0.4) is 0 Å². The Morgan fingerprint density at radius 3 is 0.913 bits per heavy atom. The Morgan fingerprint density at radius 2 is 0.674 bits per heavy atom. The Kier molecular flexibility index (Phi) is 34.5. The predicted octanol–water partition coefficient (Wildman–Crippen LogP) is 3.69. The highest BCUT2D eigenvalue weighted by molar-refractivity contribution is 7.81. The van der Waals surface area contributed by atoms with Gasteiger partial charge in [-0.2, -0.15) is 0 Å². The molecule has 0 radical (unpaired) electrons. The minimum atomic E-state index is -4.41. The average Bonchev–Trinajstić information content (AvgIpc) is 2.97. The molecular formula is C31H70N2O11S2. The van der Waals surface area contributed by atoms with E-state index in [1.165, 1.54) is 103 Å². The van der Waals surface area contributed by atoms with Gasteiger partial charge in [0.25, 0.3) is 0 Å². The van der Waals surface area contributed by atoms with Crippen molar-refractivity contribution >= 4 is 20.8 Å². The molecule has 3 N–H and O–H groups in total. The average molecular weight is 711 g/mol. The molecule has 15 heteroatoms. The molecule has 0 saturated carbocycles. The number of unbranched alkanes of at least 4 members (excludes halogenated alkanes) is 15. The first-order chi connectivity index (χ1) is 21.6. The molecule has 0 rings (SSSR count). The van der Waals surface area contributed by atoms with Crippen molar-refractivity contribution < 1.29 is 58.6 Å². The highest BCUT2D eigenvalue weighted by Crippen LogP contribution is 2.15. The molecule has 0 aliphatic carbocycles. The smallest absolute Gasteiger partial charge is 0.217 e. The fraction of sp³-hybridized carbons (Fsp3) is 1.00. The van der Waals surface area contributed by atoms with E-state index < -0.39 is 20.8 Å². The van der Waals surface area contributed by atoms with Gasteiger partial charge in [0.2, 0.25) is 20.8 Å². The van der Waals surface area contributed by atoms with E-state index in [-0.39, 0.29) is 19.8 Å². The molecule has 0 bridgehead atoms. The van der Waals surface area contributed by atoms with Crippen LogP contribution in [0.2, 0.25) is 0 Å². The molecule has 0 aromatic rings. The van der Waals surface area contributed by atoms with E-state index in [9.17, 15) is 41.3 Å². The summed E-state index contributed by atoms with van der Waals surface area (Å²) in [5.41, 5.74) is 0. The first-order valence-corrected chi connectivity index (χ1v) is 19.8. The SMILES string of the molecule is CCCCCCCCCCCCCCCCCC[N+](C)(CCO)CCC[N+](C)(CCO)CCO.COS(=O)(=O)[O-].COS(=O)(=O)[O-]. The quantitative estimate of drug-likeness (QED) is 0.0444. The molecule has 1 unspecified atom stereocenters. The van der Waals surface area contributed by atoms with Gasteiger partial charge in [0.05, 0.1) is 67.8 Å². The van der Waals surface area contributed by atoms with Gasteiger partial charge >= 0.3 is 0 Å². The third-order valence-corrected chi connectivity index (χ3v) is 9.09. The lowest BCUT2D eigenvalue weighted by molar-refractivity contribution is -0.928. The van der Waals surface area contributed by atoms with Crippen molar-refractivity contribution in [1.82, 2.24) is 0 Å². The Morgan fingerprint density at radius 1 is 0.457 bits per heavy atom. The number of rotatable bonds is 29. The molecule has 0 amide bonds. The monoisotopic (exact) mass is 710 g/mol. The van der Waals surface area contributed by atoms with Gasteiger partial charge in [0.1, 0.15) is 19.6 Å². The number of likely N-dealkylation sites (N-methyl/N-ethyl adjacent to an activating group) is 2.